The normalized spacial score (nSPS) is 12.2. The van der Waals surface area contributed by atoms with E-state index in [9.17, 15) is 0 Å². The molecule has 1 heterocycles. The van der Waals surface area contributed by atoms with E-state index in [1.54, 1.807) is 0 Å². The van der Waals surface area contributed by atoms with E-state index >= 15 is 0 Å². The maximum atomic E-state index is 4.95. The molecule has 4 rings (SSSR count). The molecular weight excluding hydrogens is 330 g/mol. The van der Waals surface area contributed by atoms with E-state index in [1.807, 2.05) is 6.07 Å². The molecule has 3 aromatic carbocycles. The first kappa shape index (κ1) is 12.1. The summed E-state index contributed by atoms with van der Waals surface area (Å²) in [7, 11) is -0.183. The summed E-state index contributed by atoms with van der Waals surface area (Å²) in [5, 5.41) is 5.94. The van der Waals surface area contributed by atoms with E-state index in [0.29, 0.717) is 0 Å². The zero-order valence-electron chi connectivity index (χ0n) is 10.6. The summed E-state index contributed by atoms with van der Waals surface area (Å²) in [4.78, 5) is 1.26. The third kappa shape index (κ3) is 1.86. The first-order valence-electron chi connectivity index (χ1n) is 6.39. The highest BCUT2D eigenvalue weighted by molar-refractivity contribution is 9.10. The van der Waals surface area contributed by atoms with Crippen LogP contribution in [0.15, 0.2) is 70.5 Å². The van der Waals surface area contributed by atoms with Crippen LogP contribution < -0.4 is 0 Å². The topological polar surface area (TPSA) is 12.9 Å². The molecule has 0 aliphatic heterocycles. The monoisotopic (exact) mass is 340 g/mol. The molecule has 0 amide bonds. The van der Waals surface area contributed by atoms with Crippen LogP contribution in [0.1, 0.15) is 0 Å². The van der Waals surface area contributed by atoms with Crippen LogP contribution in [0, 0.1) is 0 Å². The first-order chi connectivity index (χ1) is 9.83. The number of rotatable bonds is 1. The fraction of sp³-hybridized carbons (Fsp3) is 0. The van der Waals surface area contributed by atoms with Gasteiger partial charge in [-0.3, -0.25) is 0 Å². The number of benzene rings is 3. The molecular formula is C17H11BrNS+. The van der Waals surface area contributed by atoms with Gasteiger partial charge in [0.05, 0.1) is 5.39 Å². The van der Waals surface area contributed by atoms with Crippen molar-refractivity contribution in [3.63, 3.8) is 0 Å². The highest BCUT2D eigenvalue weighted by Gasteiger charge is 2.18. The van der Waals surface area contributed by atoms with Crippen molar-refractivity contribution in [2.75, 3.05) is 0 Å². The molecule has 0 radical (unpaired) electrons. The number of fused-ring (bicyclic) bond motifs is 3. The molecule has 0 spiro atoms. The Bertz CT molecular complexity index is 912. The lowest BCUT2D eigenvalue weighted by molar-refractivity contribution is 1.66. The smallest absolute Gasteiger partial charge is 0.0619 e. The van der Waals surface area contributed by atoms with Crippen molar-refractivity contribution in [2.24, 2.45) is 0 Å². The number of nitrogens with zero attached hydrogens (tertiary/aromatic N) is 1. The van der Waals surface area contributed by atoms with Crippen LogP contribution in [0.4, 0.5) is 0 Å². The van der Waals surface area contributed by atoms with Crippen molar-refractivity contribution in [1.29, 1.82) is 0 Å². The molecule has 4 aromatic rings. The Balaban J connectivity index is 2.08. The largest absolute Gasteiger partial charge is 0.203 e. The van der Waals surface area contributed by atoms with Gasteiger partial charge in [-0.05, 0) is 31.8 Å². The average molecular weight is 341 g/mol. The number of aromatic nitrogens is 1. The molecule has 0 saturated heterocycles. The maximum absolute atomic E-state index is 4.95. The summed E-state index contributed by atoms with van der Waals surface area (Å²) >= 11 is 3.68. The fourth-order valence-electron chi connectivity index (χ4n) is 2.44. The molecule has 20 heavy (non-hydrogen) atoms. The minimum atomic E-state index is -0.183. The molecule has 0 bridgehead atoms. The second-order valence-electron chi connectivity index (χ2n) is 4.68. The molecule has 3 heteroatoms. The lowest BCUT2D eigenvalue weighted by Crippen LogP contribution is -1.76. The minimum Gasteiger partial charge on any atom is -0.0619 e. The Hall–Kier alpha value is -1.71. The lowest BCUT2D eigenvalue weighted by atomic mass is 10.1. The standard InChI is InChI=1S/C17H11BrNS/c18-16-10-12-6-4-5-9-14(12)17-15(16)11-20(19-17)13-7-2-1-3-8-13/h1-11H/q+1. The molecule has 1 nitrogen and oxygen atoms in total. The van der Waals surface area contributed by atoms with Crippen molar-refractivity contribution < 1.29 is 0 Å². The molecule has 1 atom stereocenters. The highest BCUT2D eigenvalue weighted by atomic mass is 79.9. The summed E-state index contributed by atoms with van der Waals surface area (Å²) in [5.41, 5.74) is 1.11. The second kappa shape index (κ2) is 4.69. The number of halogens is 1. The molecule has 1 aromatic heterocycles. The second-order valence-corrected chi connectivity index (χ2v) is 7.05. The van der Waals surface area contributed by atoms with Crippen LogP contribution in [-0.4, -0.2) is 4.37 Å². The van der Waals surface area contributed by atoms with Crippen molar-refractivity contribution >= 4 is 48.3 Å². The Kier molecular flexibility index (Phi) is 2.83. The van der Waals surface area contributed by atoms with E-state index in [2.05, 4.69) is 75.9 Å². The summed E-state index contributed by atoms with van der Waals surface area (Å²) in [6.07, 6.45) is 0. The van der Waals surface area contributed by atoms with Gasteiger partial charge in [0.1, 0.15) is 16.2 Å². The molecule has 0 N–H and O–H groups in total. The van der Waals surface area contributed by atoms with E-state index in [4.69, 9.17) is 4.37 Å². The summed E-state index contributed by atoms with van der Waals surface area (Å²) < 4.78 is 6.08. The van der Waals surface area contributed by atoms with Gasteiger partial charge >= 0.3 is 0 Å². The van der Waals surface area contributed by atoms with Crippen LogP contribution in [0.25, 0.3) is 26.6 Å². The van der Waals surface area contributed by atoms with E-state index in [-0.39, 0.29) is 10.7 Å². The number of hydrogen-bond donors (Lipinski definition) is 0. The van der Waals surface area contributed by atoms with Crippen LogP contribution in [0.2, 0.25) is 0 Å². The van der Waals surface area contributed by atoms with Gasteiger partial charge in [0.25, 0.3) is 0 Å². The van der Waals surface area contributed by atoms with Gasteiger partial charge in [0, 0.05) is 22.0 Å². The van der Waals surface area contributed by atoms with Gasteiger partial charge in [-0.25, -0.2) is 0 Å². The third-order valence-corrected chi connectivity index (χ3v) is 5.66. The summed E-state index contributed by atoms with van der Waals surface area (Å²) in [6, 6.07) is 21.1. The van der Waals surface area contributed by atoms with Gasteiger partial charge in [-0.1, -0.05) is 42.5 Å². The van der Waals surface area contributed by atoms with Crippen LogP contribution >= 0.6 is 26.6 Å². The van der Waals surface area contributed by atoms with E-state index < -0.39 is 0 Å². The van der Waals surface area contributed by atoms with Crippen LogP contribution in [0.5, 0.6) is 0 Å². The van der Waals surface area contributed by atoms with E-state index in [1.165, 1.54) is 21.1 Å². The predicted molar refractivity (Wildman–Crippen MR) is 90.8 cm³/mol. The quantitative estimate of drug-likeness (QED) is 0.394. The van der Waals surface area contributed by atoms with Crippen LogP contribution in [-0.2, 0) is 0 Å². The van der Waals surface area contributed by atoms with Gasteiger partial charge < -0.3 is 0 Å². The Morgan fingerprint density at radius 1 is 0.850 bits per heavy atom. The van der Waals surface area contributed by atoms with Crippen molar-refractivity contribution in [1.82, 2.24) is 4.37 Å². The van der Waals surface area contributed by atoms with Crippen molar-refractivity contribution in [2.45, 2.75) is 0 Å². The SMILES string of the molecule is Brc1cc2ccccc2c2n[s+](-c3ccccc3)cc12. The minimum absolute atomic E-state index is 0.183. The summed E-state index contributed by atoms with van der Waals surface area (Å²) in [5.74, 6) is 0. The summed E-state index contributed by atoms with van der Waals surface area (Å²) in [6.45, 7) is 0. The van der Waals surface area contributed by atoms with Crippen LogP contribution in [0.3, 0.4) is 0 Å². The zero-order valence-corrected chi connectivity index (χ0v) is 13.0. The van der Waals surface area contributed by atoms with Gasteiger partial charge in [0.2, 0.25) is 4.90 Å². The lowest BCUT2D eigenvalue weighted by Gasteiger charge is -1.98. The van der Waals surface area contributed by atoms with Gasteiger partial charge in [0.15, 0.2) is 5.38 Å². The average Bonchev–Trinajstić information content (AvgIpc) is 2.94. The zero-order chi connectivity index (χ0) is 13.5. The molecule has 0 aliphatic carbocycles. The molecule has 0 fully saturated rings. The van der Waals surface area contributed by atoms with Crippen molar-refractivity contribution in [3.8, 4) is 4.90 Å². The molecule has 0 saturated carbocycles. The fourth-order valence-corrected chi connectivity index (χ4v) is 4.72. The predicted octanol–water partition coefficient (Wildman–Crippen LogP) is 5.89. The van der Waals surface area contributed by atoms with E-state index in [0.717, 1.165) is 9.99 Å². The first-order valence-corrected chi connectivity index (χ1v) is 8.43. The molecule has 0 aliphatic rings. The Labute approximate surface area is 128 Å². The Morgan fingerprint density at radius 2 is 1.60 bits per heavy atom. The third-order valence-electron chi connectivity index (χ3n) is 3.41. The number of hydrogen-bond acceptors (Lipinski definition) is 1. The van der Waals surface area contributed by atoms with Gasteiger partial charge in [-0.2, -0.15) is 0 Å². The molecule has 96 valence electrons. The molecule has 1 unspecified atom stereocenters. The Morgan fingerprint density at radius 3 is 2.45 bits per heavy atom. The van der Waals surface area contributed by atoms with Crippen molar-refractivity contribution in [3.05, 3.63) is 70.5 Å². The highest BCUT2D eigenvalue weighted by Crippen LogP contribution is 2.38. The maximum Gasteiger partial charge on any atom is 0.203 e. The van der Waals surface area contributed by atoms with Gasteiger partial charge in [-0.15, -0.1) is 0 Å².